The number of aryl methyl sites for hydroxylation is 1. The second-order valence-corrected chi connectivity index (χ2v) is 10.2. The first-order valence-corrected chi connectivity index (χ1v) is 12.2. The highest BCUT2D eigenvalue weighted by molar-refractivity contribution is 5.89. The molecule has 1 aromatic rings. The van der Waals surface area contributed by atoms with Gasteiger partial charge in [-0.2, -0.15) is 0 Å². The SMILES string of the molecule is CCCCCc1ccc(C(=O)O[C@H]2CC3C(=C2C)[C@H]2OC(=O)[C@@H](C)[C@@H]2CC[C@@]3(C)O)cc1. The van der Waals surface area contributed by atoms with Crippen LogP contribution in [0.4, 0.5) is 0 Å². The van der Waals surface area contributed by atoms with Crippen LogP contribution in [-0.2, 0) is 20.7 Å². The number of hydrogen-bond donors (Lipinski definition) is 1. The molecule has 0 spiro atoms. The maximum atomic E-state index is 12.9. The minimum absolute atomic E-state index is 0.0682. The van der Waals surface area contributed by atoms with E-state index in [-0.39, 0.29) is 35.8 Å². The number of carbonyl (C=O) groups excluding carboxylic acids is 2. The van der Waals surface area contributed by atoms with E-state index < -0.39 is 11.7 Å². The Morgan fingerprint density at radius 1 is 1.25 bits per heavy atom. The number of carbonyl (C=O) groups is 2. The van der Waals surface area contributed by atoms with Crippen LogP contribution in [0.5, 0.6) is 0 Å². The van der Waals surface area contributed by atoms with Crippen molar-refractivity contribution in [1.82, 2.24) is 0 Å². The maximum Gasteiger partial charge on any atom is 0.338 e. The lowest BCUT2D eigenvalue weighted by molar-refractivity contribution is -0.143. The molecule has 1 saturated carbocycles. The number of ether oxygens (including phenoxy) is 2. The Labute approximate surface area is 191 Å². The third-order valence-electron chi connectivity index (χ3n) is 7.96. The summed E-state index contributed by atoms with van der Waals surface area (Å²) in [6, 6.07) is 7.69. The second-order valence-electron chi connectivity index (χ2n) is 10.2. The van der Waals surface area contributed by atoms with Crippen molar-refractivity contribution in [2.75, 3.05) is 0 Å². The Morgan fingerprint density at radius 2 is 1.97 bits per heavy atom. The number of fused-ring (bicyclic) bond motifs is 3. The summed E-state index contributed by atoms with van der Waals surface area (Å²) in [7, 11) is 0. The van der Waals surface area contributed by atoms with Crippen LogP contribution in [-0.4, -0.2) is 34.9 Å². The van der Waals surface area contributed by atoms with E-state index in [1.807, 2.05) is 45.0 Å². The lowest BCUT2D eigenvalue weighted by atomic mass is 9.81. The topological polar surface area (TPSA) is 72.8 Å². The Morgan fingerprint density at radius 3 is 2.66 bits per heavy atom. The highest BCUT2D eigenvalue weighted by Gasteiger charge is 2.55. The molecule has 4 rings (SSSR count). The predicted molar refractivity (Wildman–Crippen MR) is 122 cm³/mol. The highest BCUT2D eigenvalue weighted by atomic mass is 16.6. The zero-order valence-corrected chi connectivity index (χ0v) is 19.7. The van der Waals surface area contributed by atoms with Crippen LogP contribution in [0.25, 0.3) is 0 Å². The normalized spacial score (nSPS) is 34.0. The summed E-state index contributed by atoms with van der Waals surface area (Å²) in [5.74, 6) is -0.792. The highest BCUT2D eigenvalue weighted by Crippen LogP contribution is 2.52. The molecule has 5 nitrogen and oxygen atoms in total. The molecule has 1 aromatic carbocycles. The van der Waals surface area contributed by atoms with E-state index in [1.165, 1.54) is 18.4 Å². The Bertz CT molecular complexity index is 897. The van der Waals surface area contributed by atoms with Crippen molar-refractivity contribution in [1.29, 1.82) is 0 Å². The smallest absolute Gasteiger partial charge is 0.338 e. The van der Waals surface area contributed by atoms with Crippen molar-refractivity contribution < 1.29 is 24.2 Å². The van der Waals surface area contributed by atoms with Crippen LogP contribution in [0.1, 0.15) is 82.1 Å². The number of unbranched alkanes of at least 4 members (excludes halogenated alkanes) is 2. The predicted octanol–water partition coefficient (Wildman–Crippen LogP) is 5.00. The maximum absolute atomic E-state index is 12.9. The van der Waals surface area contributed by atoms with Gasteiger partial charge in [0, 0.05) is 11.8 Å². The summed E-state index contributed by atoms with van der Waals surface area (Å²) < 4.78 is 11.7. The molecule has 1 N–H and O–H groups in total. The summed E-state index contributed by atoms with van der Waals surface area (Å²) in [5, 5.41) is 11.2. The van der Waals surface area contributed by atoms with Gasteiger partial charge in [-0.1, -0.05) is 38.8 Å². The van der Waals surface area contributed by atoms with Crippen LogP contribution in [0, 0.1) is 17.8 Å². The fourth-order valence-corrected chi connectivity index (χ4v) is 5.80. The van der Waals surface area contributed by atoms with E-state index in [1.54, 1.807) is 0 Å². The first kappa shape index (κ1) is 23.0. The minimum atomic E-state index is -0.908. The van der Waals surface area contributed by atoms with E-state index in [2.05, 4.69) is 6.92 Å². The first-order chi connectivity index (χ1) is 15.2. The average molecular weight is 441 g/mol. The number of hydrogen-bond acceptors (Lipinski definition) is 5. The fraction of sp³-hybridized carbons (Fsp3) is 0.630. The Hall–Kier alpha value is -2.14. The van der Waals surface area contributed by atoms with Crippen LogP contribution in [0.15, 0.2) is 35.4 Å². The standard InChI is InChI=1S/C27H36O5/c1-5-6-7-8-18-9-11-19(12-10-18)26(29)31-22-15-21-23(17(22)3)24-20(13-14-27(21,4)30)16(2)25(28)32-24/h9-12,16,20-22,24,30H,5-8,13-15H2,1-4H3/t16-,20-,21?,22-,24-,27+/m0/s1. The molecule has 5 heteroatoms. The third-order valence-corrected chi connectivity index (χ3v) is 7.96. The van der Waals surface area contributed by atoms with Gasteiger partial charge in [-0.15, -0.1) is 0 Å². The molecule has 1 unspecified atom stereocenters. The number of esters is 2. The molecule has 2 aliphatic carbocycles. The first-order valence-electron chi connectivity index (χ1n) is 12.2. The molecule has 1 saturated heterocycles. The van der Waals surface area contributed by atoms with Gasteiger partial charge in [0.1, 0.15) is 12.2 Å². The van der Waals surface area contributed by atoms with E-state index >= 15 is 0 Å². The molecular formula is C27H36O5. The summed E-state index contributed by atoms with van der Waals surface area (Å²) in [4.78, 5) is 25.2. The van der Waals surface area contributed by atoms with Gasteiger partial charge < -0.3 is 14.6 Å². The summed E-state index contributed by atoms with van der Waals surface area (Å²) in [5.41, 5.74) is 2.77. The molecule has 2 fully saturated rings. The average Bonchev–Trinajstić information content (AvgIpc) is 3.20. The molecule has 0 aromatic heterocycles. The van der Waals surface area contributed by atoms with Crippen molar-refractivity contribution in [2.45, 2.75) is 90.4 Å². The van der Waals surface area contributed by atoms with E-state index in [4.69, 9.17) is 9.47 Å². The Kier molecular flexibility index (Phi) is 6.49. The van der Waals surface area contributed by atoms with Crippen LogP contribution in [0.2, 0.25) is 0 Å². The van der Waals surface area contributed by atoms with Gasteiger partial charge >= 0.3 is 11.9 Å². The third kappa shape index (κ3) is 4.24. The van der Waals surface area contributed by atoms with Crippen molar-refractivity contribution in [3.05, 3.63) is 46.5 Å². The van der Waals surface area contributed by atoms with Crippen LogP contribution >= 0.6 is 0 Å². The molecule has 1 aliphatic heterocycles. The van der Waals surface area contributed by atoms with Crippen LogP contribution < -0.4 is 0 Å². The molecule has 0 amide bonds. The lowest BCUT2D eigenvalue weighted by Crippen LogP contribution is -2.35. The number of rotatable bonds is 6. The molecule has 6 atom stereocenters. The van der Waals surface area contributed by atoms with Crippen molar-refractivity contribution in [3.63, 3.8) is 0 Å². The van der Waals surface area contributed by atoms with E-state index in [9.17, 15) is 14.7 Å². The summed E-state index contributed by atoms with van der Waals surface area (Å²) >= 11 is 0. The van der Waals surface area contributed by atoms with E-state index in [0.29, 0.717) is 18.4 Å². The monoisotopic (exact) mass is 440 g/mol. The van der Waals surface area contributed by atoms with Gasteiger partial charge in [-0.25, -0.2) is 4.79 Å². The number of aliphatic hydroxyl groups is 1. The van der Waals surface area contributed by atoms with E-state index in [0.717, 1.165) is 30.4 Å². The van der Waals surface area contributed by atoms with Crippen molar-refractivity contribution >= 4 is 11.9 Å². The molecule has 1 heterocycles. The van der Waals surface area contributed by atoms with Crippen molar-refractivity contribution in [3.8, 4) is 0 Å². The molecular weight excluding hydrogens is 404 g/mol. The minimum Gasteiger partial charge on any atom is -0.457 e. The van der Waals surface area contributed by atoms with Gasteiger partial charge in [0.05, 0.1) is 17.1 Å². The van der Waals surface area contributed by atoms with Crippen LogP contribution in [0.3, 0.4) is 0 Å². The molecule has 0 bridgehead atoms. The summed E-state index contributed by atoms with van der Waals surface area (Å²) in [6.07, 6.45) is 5.74. The summed E-state index contributed by atoms with van der Waals surface area (Å²) in [6.45, 7) is 7.92. The largest absolute Gasteiger partial charge is 0.457 e. The molecule has 32 heavy (non-hydrogen) atoms. The van der Waals surface area contributed by atoms with Gasteiger partial charge in [0.25, 0.3) is 0 Å². The van der Waals surface area contributed by atoms with Crippen molar-refractivity contribution in [2.24, 2.45) is 17.8 Å². The van der Waals surface area contributed by atoms with Gasteiger partial charge in [-0.05, 0) is 74.8 Å². The van der Waals surface area contributed by atoms with Gasteiger partial charge in [0.2, 0.25) is 0 Å². The van der Waals surface area contributed by atoms with Gasteiger partial charge in [-0.3, -0.25) is 4.79 Å². The van der Waals surface area contributed by atoms with Gasteiger partial charge in [0.15, 0.2) is 0 Å². The lowest BCUT2D eigenvalue weighted by Gasteiger charge is -2.31. The number of benzene rings is 1. The zero-order valence-electron chi connectivity index (χ0n) is 19.7. The fourth-order valence-electron chi connectivity index (χ4n) is 5.80. The second kappa shape index (κ2) is 9.01. The zero-order chi connectivity index (χ0) is 23.0. The Balaban J connectivity index is 1.51. The quantitative estimate of drug-likeness (QED) is 0.383. The molecule has 174 valence electrons. The molecule has 0 radical (unpaired) electrons. The molecule has 3 aliphatic rings.